The smallest absolute Gasteiger partial charge is 0.262 e. The Hall–Kier alpha value is -4.33. The highest BCUT2D eigenvalue weighted by Gasteiger charge is 2.29. The topological polar surface area (TPSA) is 165 Å². The van der Waals surface area contributed by atoms with Gasteiger partial charge in [-0.05, 0) is 76.2 Å². The van der Waals surface area contributed by atoms with E-state index in [1.165, 1.54) is 86.9 Å². The van der Waals surface area contributed by atoms with Gasteiger partial charge < -0.3 is 55.8 Å². The summed E-state index contributed by atoms with van der Waals surface area (Å²) < 4.78 is 220. The van der Waals surface area contributed by atoms with Gasteiger partial charge in [-0.3, -0.25) is 9.46 Å². The average molecular weight is 1240 g/mol. The maximum atomic E-state index is 14.0. The predicted molar refractivity (Wildman–Crippen MR) is 281 cm³/mol. The maximum Gasteiger partial charge on any atom is 0.262 e. The Bertz CT molecular complexity index is 2130. The van der Waals surface area contributed by atoms with Crippen molar-refractivity contribution in [1.29, 1.82) is 0 Å². The highest BCUT2D eigenvalue weighted by atomic mass is 32.1. The summed E-state index contributed by atoms with van der Waals surface area (Å²) in [6.07, 6.45) is 11.1. The first-order chi connectivity index (χ1) is 36.9. The summed E-state index contributed by atoms with van der Waals surface area (Å²) in [5, 5.41) is 10.8. The zero-order chi connectivity index (χ0) is 60.8. The molecule has 0 unspecified atom stereocenters. The van der Waals surface area contributed by atoms with Crippen LogP contribution in [0.5, 0.6) is 0 Å². The van der Waals surface area contributed by atoms with E-state index in [2.05, 4.69) is 43.6 Å². The molecule has 0 saturated heterocycles. The number of rotatable bonds is 26. The third-order valence-corrected chi connectivity index (χ3v) is 11.6. The van der Waals surface area contributed by atoms with Crippen LogP contribution in [0, 0.1) is 87.3 Å². The van der Waals surface area contributed by atoms with E-state index in [-0.39, 0.29) is 39.3 Å². The van der Waals surface area contributed by atoms with Crippen molar-refractivity contribution in [1.82, 2.24) is 20.9 Å². The van der Waals surface area contributed by atoms with Crippen molar-refractivity contribution in [2.75, 3.05) is 94.6 Å². The minimum Gasteiger partial charge on any atom is -0.756 e. The molecule has 0 aliphatic carbocycles. The van der Waals surface area contributed by atoms with Crippen LogP contribution >= 0.6 is 44.5 Å². The molecule has 0 aliphatic rings. The van der Waals surface area contributed by atoms with Crippen molar-refractivity contribution < 1.29 is 94.3 Å². The van der Waals surface area contributed by atoms with E-state index in [4.69, 9.17) is 60.6 Å². The van der Waals surface area contributed by atoms with Crippen molar-refractivity contribution in [2.45, 2.75) is 92.9 Å². The third kappa shape index (κ3) is 26.4. The van der Waals surface area contributed by atoms with Crippen LogP contribution in [0.3, 0.4) is 0 Å². The SMILES string of the molecule is CCCC[N+](CCCC)(CCCC)CCCC.CCOCC.Fc1c(F)c(F)c(NC(=S)NCCN(CCNC(=S)Nc2c(F)c(F)c(F)c(F)c2F)CCNC(=S)Nc2c(F)c(F)c(F)c(F)c2F)c(F)c1F.O=P([O-])(O)O. The lowest BCUT2D eigenvalue weighted by Crippen LogP contribution is -2.50. The van der Waals surface area contributed by atoms with E-state index in [9.17, 15) is 65.9 Å². The first-order valence-electron chi connectivity index (χ1n) is 24.6. The second kappa shape index (κ2) is 38.4. The lowest BCUT2D eigenvalue weighted by atomic mass is 10.1. The van der Waals surface area contributed by atoms with Gasteiger partial charge in [-0.2, -0.15) is 0 Å². The van der Waals surface area contributed by atoms with Gasteiger partial charge >= 0.3 is 0 Å². The summed E-state index contributed by atoms with van der Waals surface area (Å²) in [4.78, 5) is 24.4. The van der Waals surface area contributed by atoms with Gasteiger partial charge in [0.15, 0.2) is 85.1 Å². The van der Waals surface area contributed by atoms with Crippen LogP contribution in [0.2, 0.25) is 0 Å². The van der Waals surface area contributed by atoms with Gasteiger partial charge in [0.25, 0.3) is 7.82 Å². The molecule has 13 nitrogen and oxygen atoms in total. The number of thiocarbonyl (C=S) groups is 3. The molecule has 3 rings (SSSR count). The molecule has 3 aromatic carbocycles. The van der Waals surface area contributed by atoms with E-state index < -0.39 is 127 Å². The number of hydrogen-bond acceptors (Lipinski definition) is 7. The normalized spacial score (nSPS) is 11.2. The minimum absolute atomic E-state index is 0.127. The van der Waals surface area contributed by atoms with Crippen molar-refractivity contribution in [3.05, 3.63) is 87.3 Å². The Labute approximate surface area is 465 Å². The van der Waals surface area contributed by atoms with Crippen LogP contribution < -0.4 is 36.8 Å². The fourth-order valence-electron chi connectivity index (χ4n) is 6.78. The molecule has 8 N–H and O–H groups in total. The summed E-state index contributed by atoms with van der Waals surface area (Å²) in [6.45, 7) is 19.6. The Morgan fingerprint density at radius 3 is 0.797 bits per heavy atom. The predicted octanol–water partition coefficient (Wildman–Crippen LogP) is 10.8. The van der Waals surface area contributed by atoms with Crippen molar-refractivity contribution in [2.24, 2.45) is 0 Å². The maximum absolute atomic E-state index is 14.0. The van der Waals surface area contributed by atoms with Gasteiger partial charge in [-0.1, -0.05) is 53.4 Å². The van der Waals surface area contributed by atoms with Crippen LogP contribution in [-0.2, 0) is 9.30 Å². The van der Waals surface area contributed by atoms with Gasteiger partial charge in [0.05, 0.1) is 26.2 Å². The van der Waals surface area contributed by atoms with Crippen molar-refractivity contribution in [3.63, 3.8) is 0 Å². The molecular formula is C47H66F15N8O5PS3. The first-order valence-corrected chi connectivity index (χ1v) is 27.3. The molecule has 0 amide bonds. The highest BCUT2D eigenvalue weighted by molar-refractivity contribution is 7.80. The summed E-state index contributed by atoms with van der Waals surface area (Å²) in [6, 6.07) is 0. The van der Waals surface area contributed by atoms with Gasteiger partial charge in [0.2, 0.25) is 17.5 Å². The Morgan fingerprint density at radius 2 is 0.633 bits per heavy atom. The second-order valence-electron chi connectivity index (χ2n) is 16.7. The van der Waals surface area contributed by atoms with Crippen LogP contribution in [-0.4, -0.2) is 113 Å². The van der Waals surface area contributed by atoms with E-state index in [1.807, 2.05) is 29.8 Å². The Morgan fingerprint density at radius 1 is 0.443 bits per heavy atom. The lowest BCUT2D eigenvalue weighted by Gasteiger charge is -2.39. The van der Waals surface area contributed by atoms with Crippen molar-refractivity contribution >= 4 is 76.9 Å². The van der Waals surface area contributed by atoms with E-state index in [0.717, 1.165) is 13.2 Å². The average Bonchev–Trinajstić information content (AvgIpc) is 3.41. The summed E-state index contributed by atoms with van der Waals surface area (Å²) in [7, 11) is -4.89. The molecule has 0 atom stereocenters. The van der Waals surface area contributed by atoms with E-state index in [0.29, 0.717) is 0 Å². The number of benzene rings is 3. The number of phosphoric acid groups is 1. The van der Waals surface area contributed by atoms with Crippen LogP contribution in [0.4, 0.5) is 82.9 Å². The Kier molecular flexibility index (Phi) is 36.3. The molecular weight excluding hydrogens is 1170 g/mol. The van der Waals surface area contributed by atoms with Crippen molar-refractivity contribution in [3.8, 4) is 0 Å². The molecule has 452 valence electrons. The largest absolute Gasteiger partial charge is 0.756 e. The van der Waals surface area contributed by atoms with Gasteiger partial charge in [-0.25, -0.2) is 65.9 Å². The summed E-state index contributed by atoms with van der Waals surface area (Å²) in [5.74, 6) is -34.1. The van der Waals surface area contributed by atoms with Crippen LogP contribution in [0.15, 0.2) is 0 Å². The van der Waals surface area contributed by atoms with Crippen LogP contribution in [0.25, 0.3) is 0 Å². The van der Waals surface area contributed by atoms with Gasteiger partial charge in [-0.15, -0.1) is 0 Å². The monoisotopic (exact) mass is 1230 g/mol. The third-order valence-electron chi connectivity index (χ3n) is 10.8. The quantitative estimate of drug-likeness (QED) is 0.00955. The number of quaternary nitrogens is 1. The molecule has 0 heterocycles. The lowest BCUT2D eigenvalue weighted by molar-refractivity contribution is -0.929. The molecule has 0 fully saturated rings. The molecule has 79 heavy (non-hydrogen) atoms. The molecule has 0 aliphatic heterocycles. The molecule has 0 spiro atoms. The fraction of sp³-hybridized carbons (Fsp3) is 0.553. The summed E-state index contributed by atoms with van der Waals surface area (Å²) >= 11 is 14.5. The Balaban J connectivity index is 0.00000185. The number of nitrogens with one attached hydrogen (secondary N) is 6. The number of anilines is 3. The first kappa shape index (κ1) is 74.7. The zero-order valence-corrected chi connectivity index (χ0v) is 47.3. The standard InChI is InChI=1S/C27H18F15N7S3.C16H36N.C4H10O.H3O4P/c28-7-10(31)16(37)22(17(38)11(7)32)46-25(50)43-1-4-49(5-2-44-26(51)47-23-18(39)12(33)8(29)13(34)19(23)40)6-3-45-27(52)48-24-20(41)14(35)9(30)15(36)21(24)42;1-5-9-13-17(14-10-6-2,15-11-7-3)16-12-8-4;1-3-5-4-2;1-5(2,3)4/h1-6H2,(H2,43,46,50)(H2,44,47,51)(H2,45,48,52);5-16H2,1-4H3;3-4H2,1-2H3;(H3,1,2,3,4)/q;+1;;/p-1. The zero-order valence-electron chi connectivity index (χ0n) is 44.0. The molecule has 0 bridgehead atoms. The fourth-order valence-corrected chi connectivity index (χ4v) is 7.40. The minimum atomic E-state index is -4.89. The molecule has 32 heteroatoms. The van der Waals surface area contributed by atoms with Gasteiger partial charge in [0, 0.05) is 52.5 Å². The molecule has 0 aromatic heterocycles. The second-order valence-corrected chi connectivity index (χ2v) is 18.9. The number of halogens is 15. The number of ether oxygens (including phenoxy) is 1. The highest BCUT2D eigenvalue weighted by Crippen LogP contribution is 2.30. The molecule has 3 aromatic rings. The number of nitrogens with zero attached hydrogens (tertiary/aromatic N) is 2. The van der Waals surface area contributed by atoms with E-state index >= 15 is 0 Å². The summed E-state index contributed by atoms with van der Waals surface area (Å²) in [5.41, 5.74) is -4.41. The van der Waals surface area contributed by atoms with Gasteiger partial charge in [0.1, 0.15) is 17.1 Å². The molecule has 0 radical (unpaired) electrons. The van der Waals surface area contributed by atoms with Crippen LogP contribution in [0.1, 0.15) is 92.9 Å². The number of hydrogen-bond donors (Lipinski definition) is 8. The van der Waals surface area contributed by atoms with E-state index in [1.54, 1.807) is 0 Å². The molecule has 0 saturated carbocycles. The number of unbranched alkanes of at least 4 members (excludes halogenated alkanes) is 4.